The molecule has 0 atom stereocenters. The second kappa shape index (κ2) is 8.33. The quantitative estimate of drug-likeness (QED) is 0.349. The zero-order chi connectivity index (χ0) is 22.0. The molecular formula is C25H22N4O2. The fraction of sp³-hybridized carbons (Fsp3) is 0.160. The Kier molecular flexibility index (Phi) is 5.42. The summed E-state index contributed by atoms with van der Waals surface area (Å²) in [5.41, 5.74) is 6.86. The molecule has 0 radical (unpaired) electrons. The predicted octanol–water partition coefficient (Wildman–Crippen LogP) is 4.84. The van der Waals surface area contributed by atoms with E-state index in [1.807, 2.05) is 73.0 Å². The number of aryl methyl sites for hydroxylation is 1. The summed E-state index contributed by atoms with van der Waals surface area (Å²) in [6.45, 7) is 4.45. The number of nitriles is 1. The second-order valence-electron chi connectivity index (χ2n) is 7.35. The van der Waals surface area contributed by atoms with Gasteiger partial charge in [-0.05, 0) is 61.9 Å². The molecule has 0 aliphatic rings. The third-order valence-electron chi connectivity index (χ3n) is 5.34. The highest BCUT2D eigenvalue weighted by Crippen LogP contribution is 2.24. The highest BCUT2D eigenvalue weighted by atomic mass is 16.5. The number of allylic oxidation sites excluding steroid dienone is 1. The molecule has 2 aromatic carbocycles. The van der Waals surface area contributed by atoms with Crippen LogP contribution in [0.15, 0.2) is 66.5 Å². The fourth-order valence-corrected chi connectivity index (χ4v) is 3.84. The first-order valence-corrected chi connectivity index (χ1v) is 9.90. The maximum Gasteiger partial charge on any atom is 0.337 e. The van der Waals surface area contributed by atoms with E-state index in [2.05, 4.69) is 15.6 Å². The number of esters is 1. The van der Waals surface area contributed by atoms with Gasteiger partial charge in [-0.25, -0.2) is 9.78 Å². The minimum absolute atomic E-state index is 0.372. The van der Waals surface area contributed by atoms with Crippen LogP contribution in [0.25, 0.3) is 22.8 Å². The molecule has 0 amide bonds. The van der Waals surface area contributed by atoms with Crippen LogP contribution in [-0.2, 0) is 11.3 Å². The van der Waals surface area contributed by atoms with Gasteiger partial charge in [0.2, 0.25) is 0 Å². The fourth-order valence-electron chi connectivity index (χ4n) is 3.84. The van der Waals surface area contributed by atoms with E-state index in [0.717, 1.165) is 33.7 Å². The minimum atomic E-state index is -0.372. The van der Waals surface area contributed by atoms with E-state index in [0.29, 0.717) is 17.7 Å². The third kappa shape index (κ3) is 3.86. The second-order valence-corrected chi connectivity index (χ2v) is 7.35. The molecule has 2 aromatic heterocycles. The maximum absolute atomic E-state index is 11.9. The van der Waals surface area contributed by atoms with Crippen LogP contribution < -0.4 is 0 Å². The number of carbonyl (C=O) groups is 1. The molecule has 0 fully saturated rings. The zero-order valence-corrected chi connectivity index (χ0v) is 17.7. The van der Waals surface area contributed by atoms with E-state index in [1.54, 1.807) is 12.4 Å². The van der Waals surface area contributed by atoms with Crippen molar-refractivity contribution >= 4 is 23.1 Å². The molecule has 0 saturated heterocycles. The van der Waals surface area contributed by atoms with E-state index in [-0.39, 0.29) is 5.97 Å². The molecule has 6 heteroatoms. The van der Waals surface area contributed by atoms with Crippen molar-refractivity contribution in [2.75, 3.05) is 7.11 Å². The van der Waals surface area contributed by atoms with Crippen molar-refractivity contribution in [1.82, 2.24) is 14.1 Å². The lowest BCUT2D eigenvalue weighted by Gasteiger charge is -2.11. The SMILES string of the molecule is COC(=O)c1cccc(-n2c(C)cc(/C=C(/C#N)Cn3cnc4ccccc43)c2C)c1. The van der Waals surface area contributed by atoms with Crippen LogP contribution in [0.1, 0.15) is 27.3 Å². The van der Waals surface area contributed by atoms with Crippen LogP contribution in [0.3, 0.4) is 0 Å². The summed E-state index contributed by atoms with van der Waals surface area (Å²) in [6.07, 6.45) is 3.68. The van der Waals surface area contributed by atoms with Gasteiger partial charge in [0.15, 0.2) is 0 Å². The topological polar surface area (TPSA) is 72.8 Å². The molecule has 6 nitrogen and oxygen atoms in total. The van der Waals surface area contributed by atoms with Crippen molar-refractivity contribution in [2.45, 2.75) is 20.4 Å². The lowest BCUT2D eigenvalue weighted by atomic mass is 10.1. The number of carbonyl (C=O) groups excluding carboxylic acids is 1. The van der Waals surface area contributed by atoms with Gasteiger partial charge in [0.25, 0.3) is 0 Å². The summed E-state index contributed by atoms with van der Waals surface area (Å²) < 4.78 is 8.88. The molecular weight excluding hydrogens is 388 g/mol. The Hall–Kier alpha value is -4.11. The van der Waals surface area contributed by atoms with Crippen LogP contribution in [-0.4, -0.2) is 27.2 Å². The normalized spacial score (nSPS) is 11.5. The molecule has 4 rings (SSSR count). The van der Waals surface area contributed by atoms with E-state index < -0.39 is 0 Å². The first-order chi connectivity index (χ1) is 15.0. The number of benzene rings is 2. The van der Waals surface area contributed by atoms with E-state index in [4.69, 9.17) is 4.74 Å². The molecule has 0 N–H and O–H groups in total. The summed E-state index contributed by atoms with van der Waals surface area (Å²) in [5, 5.41) is 9.76. The van der Waals surface area contributed by atoms with Gasteiger partial charge in [-0.3, -0.25) is 0 Å². The molecule has 2 heterocycles. The van der Waals surface area contributed by atoms with Crippen LogP contribution in [0.5, 0.6) is 0 Å². The monoisotopic (exact) mass is 410 g/mol. The summed E-state index contributed by atoms with van der Waals surface area (Å²) in [6, 6.07) is 19.6. The first-order valence-electron chi connectivity index (χ1n) is 9.90. The summed E-state index contributed by atoms with van der Waals surface area (Å²) in [4.78, 5) is 16.3. The van der Waals surface area contributed by atoms with Gasteiger partial charge in [0.05, 0.1) is 42.6 Å². The Bertz CT molecular complexity index is 1350. The van der Waals surface area contributed by atoms with Gasteiger partial charge < -0.3 is 13.9 Å². The number of nitrogens with zero attached hydrogens (tertiary/aromatic N) is 4. The van der Waals surface area contributed by atoms with Gasteiger partial charge >= 0.3 is 5.97 Å². The van der Waals surface area contributed by atoms with Crippen molar-refractivity contribution in [3.05, 3.63) is 89.0 Å². The smallest absolute Gasteiger partial charge is 0.337 e. The number of para-hydroxylation sites is 2. The van der Waals surface area contributed by atoms with Crippen molar-refractivity contribution in [2.24, 2.45) is 0 Å². The molecule has 0 spiro atoms. The van der Waals surface area contributed by atoms with Crippen LogP contribution in [0, 0.1) is 25.2 Å². The number of methoxy groups -OCH3 is 1. The predicted molar refractivity (Wildman–Crippen MR) is 120 cm³/mol. The Morgan fingerprint density at radius 1 is 1.16 bits per heavy atom. The van der Waals surface area contributed by atoms with Gasteiger partial charge in [-0.1, -0.05) is 18.2 Å². The molecule has 31 heavy (non-hydrogen) atoms. The number of rotatable bonds is 5. The Labute approximate surface area is 180 Å². The van der Waals surface area contributed by atoms with Gasteiger partial charge in [-0.2, -0.15) is 5.26 Å². The molecule has 0 unspecified atom stereocenters. The van der Waals surface area contributed by atoms with E-state index >= 15 is 0 Å². The molecule has 4 aromatic rings. The van der Waals surface area contributed by atoms with Gasteiger partial charge in [0.1, 0.15) is 0 Å². The standard InChI is InChI=1S/C25H22N4O2/c1-17-11-21(18(2)29(17)22-8-6-7-20(13-22)25(30)31-3)12-19(14-26)15-28-16-27-23-9-4-5-10-24(23)28/h4-13,16H,15H2,1-3H3/b19-12-. The van der Waals surface area contributed by atoms with Crippen molar-refractivity contribution in [3.63, 3.8) is 0 Å². The third-order valence-corrected chi connectivity index (χ3v) is 5.34. The number of aromatic nitrogens is 3. The van der Waals surface area contributed by atoms with Crippen molar-refractivity contribution in [1.29, 1.82) is 5.26 Å². The Balaban J connectivity index is 1.70. The number of fused-ring (bicyclic) bond motifs is 1. The van der Waals surface area contributed by atoms with Crippen molar-refractivity contribution in [3.8, 4) is 11.8 Å². The van der Waals surface area contributed by atoms with E-state index in [9.17, 15) is 10.1 Å². The van der Waals surface area contributed by atoms with Crippen LogP contribution in [0.4, 0.5) is 0 Å². The maximum atomic E-state index is 11.9. The van der Waals surface area contributed by atoms with Gasteiger partial charge in [-0.15, -0.1) is 0 Å². The summed E-state index contributed by atoms with van der Waals surface area (Å²) in [5.74, 6) is -0.372. The van der Waals surface area contributed by atoms with Crippen LogP contribution in [0.2, 0.25) is 0 Å². The lowest BCUT2D eigenvalue weighted by molar-refractivity contribution is 0.0600. The average Bonchev–Trinajstić information content (AvgIpc) is 3.32. The number of hydrogen-bond acceptors (Lipinski definition) is 4. The summed E-state index contributed by atoms with van der Waals surface area (Å²) in [7, 11) is 1.37. The Morgan fingerprint density at radius 2 is 1.97 bits per heavy atom. The highest BCUT2D eigenvalue weighted by Gasteiger charge is 2.13. The molecule has 154 valence electrons. The summed E-state index contributed by atoms with van der Waals surface area (Å²) >= 11 is 0. The molecule has 0 aliphatic heterocycles. The first kappa shape index (κ1) is 20.2. The van der Waals surface area contributed by atoms with Crippen LogP contribution >= 0.6 is 0 Å². The average molecular weight is 410 g/mol. The zero-order valence-electron chi connectivity index (χ0n) is 17.7. The van der Waals surface area contributed by atoms with E-state index in [1.165, 1.54) is 7.11 Å². The molecule has 0 bridgehead atoms. The van der Waals surface area contributed by atoms with Gasteiger partial charge in [0, 0.05) is 22.6 Å². The van der Waals surface area contributed by atoms with Crippen molar-refractivity contribution < 1.29 is 9.53 Å². The molecule has 0 saturated carbocycles. The Morgan fingerprint density at radius 3 is 2.74 bits per heavy atom. The number of hydrogen-bond donors (Lipinski definition) is 0. The largest absolute Gasteiger partial charge is 0.465 e. The number of imidazole rings is 1. The molecule has 0 aliphatic carbocycles. The highest BCUT2D eigenvalue weighted by molar-refractivity contribution is 5.90. The minimum Gasteiger partial charge on any atom is -0.465 e. The lowest BCUT2D eigenvalue weighted by Crippen LogP contribution is -2.04. The number of ether oxygens (including phenoxy) is 1.